The van der Waals surface area contributed by atoms with Gasteiger partial charge in [0.2, 0.25) is 5.91 Å². The third-order valence-electron chi connectivity index (χ3n) is 6.99. The van der Waals surface area contributed by atoms with Gasteiger partial charge in [-0.15, -0.1) is 0 Å². The summed E-state index contributed by atoms with van der Waals surface area (Å²) in [7, 11) is 1.66. The highest BCUT2D eigenvalue weighted by Gasteiger charge is 2.27. The molecule has 0 bridgehead atoms. The Morgan fingerprint density at radius 2 is 1.97 bits per heavy atom. The molecule has 166 valence electrons. The zero-order valence-corrected chi connectivity index (χ0v) is 18.4. The van der Waals surface area contributed by atoms with Gasteiger partial charge >= 0.3 is 0 Å². The highest BCUT2D eigenvalue weighted by Crippen LogP contribution is 2.30. The van der Waals surface area contributed by atoms with Crippen molar-refractivity contribution in [3.8, 4) is 11.5 Å². The second kappa shape index (κ2) is 10.5. The lowest BCUT2D eigenvalue weighted by molar-refractivity contribution is -0.126. The quantitative estimate of drug-likeness (QED) is 0.694. The number of methoxy groups -OCH3 is 1. The molecule has 1 N–H and O–H groups in total. The van der Waals surface area contributed by atoms with Gasteiger partial charge in [0, 0.05) is 38.8 Å². The van der Waals surface area contributed by atoms with E-state index in [0.29, 0.717) is 13.0 Å². The molecule has 1 aromatic rings. The number of fused-ring (bicyclic) bond motifs is 1. The minimum atomic E-state index is -0.122. The Morgan fingerprint density at radius 1 is 1.17 bits per heavy atom. The van der Waals surface area contributed by atoms with E-state index in [9.17, 15) is 4.79 Å². The van der Waals surface area contributed by atoms with E-state index in [1.165, 1.54) is 58.3 Å². The molecule has 0 radical (unpaired) electrons. The van der Waals surface area contributed by atoms with Crippen molar-refractivity contribution in [3.63, 3.8) is 0 Å². The molecule has 2 aliphatic heterocycles. The molecule has 1 aliphatic carbocycles. The van der Waals surface area contributed by atoms with Crippen LogP contribution in [0.25, 0.3) is 0 Å². The number of rotatable bonds is 7. The molecule has 1 saturated carbocycles. The topological polar surface area (TPSA) is 54.0 Å². The molecule has 3 aliphatic rings. The molecule has 1 saturated heterocycles. The summed E-state index contributed by atoms with van der Waals surface area (Å²) in [6.07, 6.45) is 8.76. The molecule has 2 heterocycles. The maximum Gasteiger partial charge on any atom is 0.226 e. The van der Waals surface area contributed by atoms with E-state index < -0.39 is 0 Å². The van der Waals surface area contributed by atoms with Crippen LogP contribution in [0.5, 0.6) is 11.5 Å². The molecule has 2 fully saturated rings. The second-order valence-corrected chi connectivity index (χ2v) is 9.00. The molecule has 6 heteroatoms. The van der Waals surface area contributed by atoms with Gasteiger partial charge in [-0.3, -0.25) is 9.69 Å². The smallest absolute Gasteiger partial charge is 0.226 e. The van der Waals surface area contributed by atoms with Crippen LogP contribution in [-0.4, -0.2) is 74.7 Å². The first kappa shape index (κ1) is 21.4. The number of nitrogens with one attached hydrogen (secondary N) is 1. The zero-order valence-electron chi connectivity index (χ0n) is 18.4. The summed E-state index contributed by atoms with van der Waals surface area (Å²) in [5.74, 6) is 1.66. The Morgan fingerprint density at radius 3 is 2.73 bits per heavy atom. The Labute approximate surface area is 180 Å². The molecule has 30 heavy (non-hydrogen) atoms. The maximum absolute atomic E-state index is 12.6. The molecule has 1 aromatic carbocycles. The Bertz CT molecular complexity index is 697. The van der Waals surface area contributed by atoms with Crippen LogP contribution in [0.4, 0.5) is 0 Å². The summed E-state index contributed by atoms with van der Waals surface area (Å²) in [6.45, 7) is 7.01. The third-order valence-corrected chi connectivity index (χ3v) is 6.99. The zero-order chi connectivity index (χ0) is 20.8. The SMILES string of the molecule is COc1ccc2c(c1)CC(C(=O)NCCCN1CCN(C3CCCCC3)CC1)CO2. The van der Waals surface area contributed by atoms with E-state index >= 15 is 0 Å². The number of ether oxygens (including phenoxy) is 2. The number of hydrogen-bond acceptors (Lipinski definition) is 5. The predicted octanol–water partition coefficient (Wildman–Crippen LogP) is 2.70. The lowest BCUT2D eigenvalue weighted by Crippen LogP contribution is -2.51. The first-order valence-corrected chi connectivity index (χ1v) is 11.8. The van der Waals surface area contributed by atoms with Crippen LogP contribution in [-0.2, 0) is 11.2 Å². The molecule has 1 atom stereocenters. The van der Waals surface area contributed by atoms with Crippen LogP contribution in [0.1, 0.15) is 44.1 Å². The molecule has 4 rings (SSSR count). The molecule has 1 amide bonds. The fourth-order valence-corrected chi connectivity index (χ4v) is 5.12. The largest absolute Gasteiger partial charge is 0.497 e. The minimum absolute atomic E-state index is 0.102. The van der Waals surface area contributed by atoms with Crippen molar-refractivity contribution in [1.82, 2.24) is 15.1 Å². The molecule has 6 nitrogen and oxygen atoms in total. The van der Waals surface area contributed by atoms with Crippen molar-refractivity contribution in [3.05, 3.63) is 23.8 Å². The number of carbonyl (C=O) groups excluding carboxylic acids is 1. The van der Waals surface area contributed by atoms with E-state index in [1.54, 1.807) is 7.11 Å². The number of amides is 1. The van der Waals surface area contributed by atoms with Crippen LogP contribution in [0.15, 0.2) is 18.2 Å². The van der Waals surface area contributed by atoms with Gasteiger partial charge in [-0.1, -0.05) is 19.3 Å². The molecular formula is C24H37N3O3. The van der Waals surface area contributed by atoms with E-state index in [-0.39, 0.29) is 11.8 Å². The second-order valence-electron chi connectivity index (χ2n) is 9.00. The summed E-state index contributed by atoms with van der Waals surface area (Å²) >= 11 is 0. The van der Waals surface area contributed by atoms with E-state index in [1.807, 2.05) is 18.2 Å². The fourth-order valence-electron chi connectivity index (χ4n) is 5.12. The number of nitrogens with zero attached hydrogens (tertiary/aromatic N) is 2. The number of benzene rings is 1. The first-order chi connectivity index (χ1) is 14.7. The van der Waals surface area contributed by atoms with Gasteiger partial charge in [0.25, 0.3) is 0 Å². The first-order valence-electron chi connectivity index (χ1n) is 11.8. The number of hydrogen-bond donors (Lipinski definition) is 1. The summed E-state index contributed by atoms with van der Waals surface area (Å²) < 4.78 is 11.1. The van der Waals surface area contributed by atoms with Gasteiger partial charge in [-0.25, -0.2) is 0 Å². The van der Waals surface area contributed by atoms with Crippen molar-refractivity contribution >= 4 is 5.91 Å². The Kier molecular flexibility index (Phi) is 7.50. The lowest BCUT2D eigenvalue weighted by atomic mass is 9.94. The van der Waals surface area contributed by atoms with Crippen LogP contribution in [0.2, 0.25) is 0 Å². The van der Waals surface area contributed by atoms with Crippen LogP contribution < -0.4 is 14.8 Å². The number of piperazine rings is 1. The Hall–Kier alpha value is -1.79. The van der Waals surface area contributed by atoms with Crippen LogP contribution in [0.3, 0.4) is 0 Å². The number of carbonyl (C=O) groups is 1. The van der Waals surface area contributed by atoms with E-state index in [2.05, 4.69) is 15.1 Å². The third kappa shape index (κ3) is 5.46. The summed E-state index contributed by atoms with van der Waals surface area (Å²) in [5.41, 5.74) is 1.05. The summed E-state index contributed by atoms with van der Waals surface area (Å²) in [6, 6.07) is 6.63. The van der Waals surface area contributed by atoms with Gasteiger partial charge < -0.3 is 19.7 Å². The predicted molar refractivity (Wildman–Crippen MR) is 118 cm³/mol. The van der Waals surface area contributed by atoms with Gasteiger partial charge in [0.05, 0.1) is 13.0 Å². The maximum atomic E-state index is 12.6. The highest BCUT2D eigenvalue weighted by molar-refractivity contribution is 5.79. The van der Waals surface area contributed by atoms with Crippen LogP contribution in [0, 0.1) is 5.92 Å². The van der Waals surface area contributed by atoms with Gasteiger partial charge in [0.1, 0.15) is 18.1 Å². The lowest BCUT2D eigenvalue weighted by Gasteiger charge is -2.40. The van der Waals surface area contributed by atoms with E-state index in [4.69, 9.17) is 9.47 Å². The monoisotopic (exact) mass is 415 g/mol. The summed E-state index contributed by atoms with van der Waals surface area (Å²) in [4.78, 5) is 17.9. The average Bonchev–Trinajstić information content (AvgIpc) is 2.82. The minimum Gasteiger partial charge on any atom is -0.497 e. The molecule has 0 aromatic heterocycles. The standard InChI is InChI=1S/C24H37N3O3/c1-29-22-8-9-23-19(17-22)16-20(18-30-23)24(28)25-10-5-11-26-12-14-27(15-13-26)21-6-3-2-4-7-21/h8-9,17,20-21H,2-7,10-16,18H2,1H3,(H,25,28). The fraction of sp³-hybridized carbons (Fsp3) is 0.708. The van der Waals surface area contributed by atoms with Crippen LogP contribution >= 0.6 is 0 Å². The van der Waals surface area contributed by atoms with Crippen molar-refractivity contribution < 1.29 is 14.3 Å². The normalized spacial score (nSPS) is 23.4. The van der Waals surface area contributed by atoms with Gasteiger partial charge in [0.15, 0.2) is 0 Å². The van der Waals surface area contributed by atoms with Gasteiger partial charge in [-0.2, -0.15) is 0 Å². The Balaban J connectivity index is 1.13. The molecular weight excluding hydrogens is 378 g/mol. The van der Waals surface area contributed by atoms with Crippen molar-refractivity contribution in [1.29, 1.82) is 0 Å². The van der Waals surface area contributed by atoms with Crippen molar-refractivity contribution in [2.24, 2.45) is 5.92 Å². The van der Waals surface area contributed by atoms with E-state index in [0.717, 1.165) is 42.6 Å². The highest BCUT2D eigenvalue weighted by atomic mass is 16.5. The molecule has 0 spiro atoms. The summed E-state index contributed by atoms with van der Waals surface area (Å²) in [5, 5.41) is 3.12. The molecule has 1 unspecified atom stereocenters. The van der Waals surface area contributed by atoms with Crippen molar-refractivity contribution in [2.75, 3.05) is 53.0 Å². The van der Waals surface area contributed by atoms with Gasteiger partial charge in [-0.05, 0) is 56.0 Å². The average molecular weight is 416 g/mol. The van der Waals surface area contributed by atoms with Crippen molar-refractivity contribution in [2.45, 2.75) is 51.0 Å².